The molecule has 7 heteroatoms. The number of amides is 1. The van der Waals surface area contributed by atoms with Crippen LogP contribution in [0.4, 0.5) is 4.79 Å². The first-order chi connectivity index (χ1) is 15.8. The second-order valence-electron chi connectivity index (χ2n) is 10.4. The van der Waals surface area contributed by atoms with Gasteiger partial charge in [-0.05, 0) is 84.8 Å². The predicted octanol–water partition coefficient (Wildman–Crippen LogP) is 4.40. The molecule has 33 heavy (non-hydrogen) atoms. The molecule has 7 nitrogen and oxygen atoms in total. The Kier molecular flexibility index (Phi) is 11.6. The number of hydrogen-bond donors (Lipinski definition) is 2. The van der Waals surface area contributed by atoms with E-state index in [9.17, 15) is 4.79 Å². The van der Waals surface area contributed by atoms with Crippen molar-refractivity contribution >= 4 is 6.09 Å². The minimum atomic E-state index is -0.762. The number of nitrogens with zero attached hydrogens (tertiary/aromatic N) is 2. The maximum atomic E-state index is 10.5. The van der Waals surface area contributed by atoms with Gasteiger partial charge in [0.1, 0.15) is 0 Å². The van der Waals surface area contributed by atoms with Crippen LogP contribution in [0.3, 0.4) is 0 Å². The lowest BCUT2D eigenvalue weighted by molar-refractivity contribution is -0.00777. The first-order valence-corrected chi connectivity index (χ1v) is 12.8. The number of aliphatic hydroxyl groups excluding tert-OH is 1. The number of aliphatic hydroxyl groups is 1. The Hall–Kier alpha value is -1.15. The lowest BCUT2D eigenvalue weighted by Crippen LogP contribution is -2.50. The van der Waals surface area contributed by atoms with E-state index in [-0.39, 0.29) is 5.60 Å². The molecule has 0 aromatic heterocycles. The zero-order valence-electron chi connectivity index (χ0n) is 21.6. The quantitative estimate of drug-likeness (QED) is 0.426. The van der Waals surface area contributed by atoms with Crippen molar-refractivity contribution in [1.29, 1.82) is 0 Å². The van der Waals surface area contributed by atoms with Gasteiger partial charge in [-0.3, -0.25) is 0 Å². The van der Waals surface area contributed by atoms with Crippen LogP contribution in [-0.2, 0) is 9.47 Å². The van der Waals surface area contributed by atoms with E-state index >= 15 is 0 Å². The van der Waals surface area contributed by atoms with Gasteiger partial charge in [-0.2, -0.15) is 0 Å². The Bertz CT molecular complexity index is 612. The monoisotopic (exact) mass is 468 g/mol. The number of rotatable bonds is 7. The average molecular weight is 469 g/mol. The predicted molar refractivity (Wildman–Crippen MR) is 132 cm³/mol. The minimum absolute atomic E-state index is 0.0764. The molecule has 4 atom stereocenters. The summed E-state index contributed by atoms with van der Waals surface area (Å²) in [6.45, 7) is 11.7. The largest absolute Gasteiger partial charge is 0.465 e. The lowest BCUT2D eigenvalue weighted by Gasteiger charge is -2.37. The molecular formula is C26H48N2O5. The molecule has 1 amide bonds. The van der Waals surface area contributed by atoms with E-state index < -0.39 is 6.09 Å². The molecule has 0 aromatic carbocycles. The minimum Gasteiger partial charge on any atom is -0.465 e. The van der Waals surface area contributed by atoms with Crippen molar-refractivity contribution in [2.24, 2.45) is 11.8 Å². The summed E-state index contributed by atoms with van der Waals surface area (Å²) in [4.78, 5) is 14.5. The summed E-state index contributed by atoms with van der Waals surface area (Å²) in [5.74, 6) is 1.21. The molecule has 0 spiro atoms. The van der Waals surface area contributed by atoms with Gasteiger partial charge in [-0.15, -0.1) is 0 Å². The van der Waals surface area contributed by atoms with Crippen molar-refractivity contribution in [3.05, 3.63) is 11.6 Å². The number of allylic oxidation sites excluding steroid dienone is 1. The third-order valence-electron chi connectivity index (χ3n) is 7.74. The number of methoxy groups -OCH3 is 1. The highest BCUT2D eigenvalue weighted by atomic mass is 16.6. The van der Waals surface area contributed by atoms with Crippen LogP contribution in [0.25, 0.3) is 0 Å². The Morgan fingerprint density at radius 3 is 2.33 bits per heavy atom. The molecule has 4 fully saturated rings. The summed E-state index contributed by atoms with van der Waals surface area (Å²) in [7, 11) is 2.85. The van der Waals surface area contributed by atoms with E-state index in [1.54, 1.807) is 0 Å². The zero-order chi connectivity index (χ0) is 24.4. The molecular weight excluding hydrogens is 420 g/mol. The van der Waals surface area contributed by atoms with Crippen LogP contribution in [0.15, 0.2) is 11.6 Å². The third kappa shape index (κ3) is 8.23. The van der Waals surface area contributed by atoms with Gasteiger partial charge in [0.25, 0.3) is 0 Å². The Labute approximate surface area is 201 Å². The van der Waals surface area contributed by atoms with Crippen molar-refractivity contribution in [2.45, 2.75) is 89.9 Å². The van der Waals surface area contributed by atoms with Crippen LogP contribution in [0, 0.1) is 11.8 Å². The summed E-state index contributed by atoms with van der Waals surface area (Å²) in [6, 6.07) is 0. The number of likely N-dealkylation sites (tertiary alicyclic amines) is 2. The molecule has 0 radical (unpaired) electrons. The molecule has 3 heterocycles. The van der Waals surface area contributed by atoms with E-state index in [0.29, 0.717) is 24.0 Å². The van der Waals surface area contributed by atoms with E-state index in [2.05, 4.69) is 31.7 Å². The van der Waals surface area contributed by atoms with Crippen LogP contribution < -0.4 is 0 Å². The van der Waals surface area contributed by atoms with Gasteiger partial charge in [-0.1, -0.05) is 24.5 Å². The maximum Gasteiger partial charge on any atom is 0.407 e. The fraction of sp³-hybridized carbons (Fsp3) is 0.885. The zero-order valence-corrected chi connectivity index (χ0v) is 21.6. The van der Waals surface area contributed by atoms with Crippen molar-refractivity contribution in [2.75, 3.05) is 46.9 Å². The van der Waals surface area contributed by atoms with Gasteiger partial charge in [0.2, 0.25) is 0 Å². The van der Waals surface area contributed by atoms with Crippen LogP contribution in [-0.4, -0.2) is 90.9 Å². The third-order valence-corrected chi connectivity index (χ3v) is 7.74. The first kappa shape index (κ1) is 28.1. The molecule has 3 aliphatic heterocycles. The number of hydrogen-bond acceptors (Lipinski definition) is 5. The summed E-state index contributed by atoms with van der Waals surface area (Å²) in [5, 5.41) is 15.6. The van der Waals surface area contributed by atoms with E-state index in [1.807, 2.05) is 7.11 Å². The van der Waals surface area contributed by atoms with Crippen LogP contribution in [0.5, 0.6) is 0 Å². The van der Waals surface area contributed by atoms with Gasteiger partial charge in [0.05, 0.1) is 17.8 Å². The van der Waals surface area contributed by atoms with E-state index in [4.69, 9.17) is 19.7 Å². The normalized spacial score (nSPS) is 31.5. The Balaban J connectivity index is 0.000000221. The fourth-order valence-corrected chi connectivity index (χ4v) is 5.54. The highest BCUT2D eigenvalue weighted by Gasteiger charge is 2.58. The van der Waals surface area contributed by atoms with Crippen LogP contribution >= 0.6 is 0 Å². The van der Waals surface area contributed by atoms with Crippen LogP contribution in [0.1, 0.15) is 72.1 Å². The number of epoxide rings is 1. The van der Waals surface area contributed by atoms with Gasteiger partial charge in [-0.25, -0.2) is 4.79 Å². The molecule has 4 rings (SSSR count). The van der Waals surface area contributed by atoms with Crippen molar-refractivity contribution in [1.82, 2.24) is 9.80 Å². The molecule has 2 N–H and O–H groups in total. The Morgan fingerprint density at radius 1 is 1.12 bits per heavy atom. The molecule has 0 bridgehead atoms. The van der Waals surface area contributed by atoms with Crippen molar-refractivity contribution in [3.8, 4) is 0 Å². The molecule has 3 saturated heterocycles. The van der Waals surface area contributed by atoms with Crippen LogP contribution in [0.2, 0.25) is 0 Å². The summed E-state index contributed by atoms with van der Waals surface area (Å²) in [6.07, 6.45) is 12.4. The average Bonchev–Trinajstić information content (AvgIpc) is 3.17. The Morgan fingerprint density at radius 2 is 1.76 bits per heavy atom. The fourth-order valence-electron chi connectivity index (χ4n) is 5.54. The highest BCUT2D eigenvalue weighted by molar-refractivity contribution is 5.65. The molecule has 0 aromatic rings. The molecule has 1 saturated carbocycles. The van der Waals surface area contributed by atoms with Crippen molar-refractivity contribution in [3.63, 3.8) is 0 Å². The maximum absolute atomic E-state index is 10.5. The summed E-state index contributed by atoms with van der Waals surface area (Å²) >= 11 is 0. The van der Waals surface area contributed by atoms with Crippen molar-refractivity contribution < 1.29 is 24.5 Å². The van der Waals surface area contributed by atoms with Gasteiger partial charge >= 0.3 is 6.09 Å². The SMILES string of the molecule is CO.COC1CCCCC1C1(C)OC1CC=C(C)C.O=C(O)N1CC(CCN2CCCC2)C1. The molecule has 4 unspecified atom stereocenters. The molecule has 192 valence electrons. The van der Waals surface area contributed by atoms with E-state index in [0.717, 1.165) is 33.2 Å². The number of ether oxygens (including phenoxy) is 2. The molecule has 4 aliphatic rings. The van der Waals surface area contributed by atoms with E-state index in [1.165, 1.54) is 68.5 Å². The van der Waals surface area contributed by atoms with Gasteiger partial charge in [0.15, 0.2) is 0 Å². The topological polar surface area (TPSA) is 85.8 Å². The van der Waals surface area contributed by atoms with Gasteiger partial charge < -0.3 is 29.5 Å². The number of carbonyl (C=O) groups is 1. The smallest absolute Gasteiger partial charge is 0.407 e. The second-order valence-corrected chi connectivity index (χ2v) is 10.4. The first-order valence-electron chi connectivity index (χ1n) is 12.8. The lowest BCUT2D eigenvalue weighted by atomic mass is 9.76. The highest BCUT2D eigenvalue weighted by Crippen LogP contribution is 2.50. The number of carboxylic acid groups (broad SMARTS) is 1. The summed E-state index contributed by atoms with van der Waals surface area (Å²) in [5.41, 5.74) is 1.46. The standard InChI is InChI=1S/C15H26O2.C10H18N2O2.CH4O/c1-11(2)9-10-14-15(3,17-14)12-7-5-6-8-13(12)16-4;13-10(14)12-7-9(8-12)3-6-11-4-1-2-5-11;1-2/h9,12-14H,5-8,10H2,1-4H3;9H,1-8H2,(H,13,14);2H,1H3. The second kappa shape index (κ2) is 13.7. The van der Waals surface area contributed by atoms with Gasteiger partial charge in [0, 0.05) is 33.2 Å². The molecule has 1 aliphatic carbocycles. The summed E-state index contributed by atoms with van der Waals surface area (Å²) < 4.78 is 11.7.